The smallest absolute Gasteiger partial charge is 0.435 e. The highest BCUT2D eigenvalue weighted by molar-refractivity contribution is 7.80. The van der Waals surface area contributed by atoms with Gasteiger partial charge in [-0.15, -0.1) is 0 Å². The highest BCUT2D eigenvalue weighted by atomic mass is 32.1. The number of hydrogen-bond acceptors (Lipinski definition) is 5. The molecule has 0 aromatic carbocycles. The number of carbonyl (C=O) groups excluding carboxylic acids is 1. The van der Waals surface area contributed by atoms with Crippen molar-refractivity contribution in [2.75, 3.05) is 12.3 Å². The average molecular weight is 339 g/mol. The number of carbonyl (C=O) groups is 2. The molecule has 1 fully saturated rings. The molecule has 4 atom stereocenters. The number of quaternary nitrogens is 1. The number of hydrogen-bond donors (Lipinski definition) is 3. The van der Waals surface area contributed by atoms with E-state index in [1.54, 1.807) is 38.4 Å². The van der Waals surface area contributed by atoms with Crippen LogP contribution in [-0.4, -0.2) is 55.6 Å². The summed E-state index contributed by atoms with van der Waals surface area (Å²) in [5.41, 5.74) is -0.361. The van der Waals surface area contributed by atoms with Crippen molar-refractivity contribution in [2.24, 2.45) is 5.92 Å². The summed E-state index contributed by atoms with van der Waals surface area (Å²) in [6, 6.07) is 3.08. The number of carboxylic acid groups (broad SMARTS) is 1. The van der Waals surface area contributed by atoms with Gasteiger partial charge in [0.2, 0.25) is 0 Å². The molecule has 6 nitrogen and oxygen atoms in total. The van der Waals surface area contributed by atoms with Crippen LogP contribution in [0.1, 0.15) is 25.8 Å². The normalized spacial score (nSPS) is 31.7. The molecule has 126 valence electrons. The van der Waals surface area contributed by atoms with Crippen molar-refractivity contribution >= 4 is 24.6 Å². The number of thiol groups is 1. The summed E-state index contributed by atoms with van der Waals surface area (Å²) in [6.07, 6.45) is 2.61. The molecule has 1 aliphatic rings. The van der Waals surface area contributed by atoms with Gasteiger partial charge in [0.15, 0.2) is 0 Å². The first-order valence-electron chi connectivity index (χ1n) is 7.63. The SMILES string of the molecule is CC(CS)C(=O)[N@+]1(C(=O)O)CC(O)(Cc2ccncc2)CC1C. The van der Waals surface area contributed by atoms with E-state index in [1.165, 1.54) is 0 Å². The topological polar surface area (TPSA) is 87.5 Å². The lowest BCUT2D eigenvalue weighted by atomic mass is 9.93. The number of rotatable bonds is 4. The van der Waals surface area contributed by atoms with Gasteiger partial charge in [-0.05, 0) is 31.5 Å². The summed E-state index contributed by atoms with van der Waals surface area (Å²) in [7, 11) is 0. The molecule has 23 heavy (non-hydrogen) atoms. The molecule has 1 saturated heterocycles. The monoisotopic (exact) mass is 339 g/mol. The Morgan fingerprint density at radius 1 is 1.48 bits per heavy atom. The first-order valence-corrected chi connectivity index (χ1v) is 8.26. The number of nitrogens with zero attached hydrogens (tertiary/aromatic N) is 2. The third kappa shape index (κ3) is 3.27. The Morgan fingerprint density at radius 2 is 2.09 bits per heavy atom. The number of likely N-dealkylation sites (tertiary alicyclic amines) is 1. The van der Waals surface area contributed by atoms with Crippen LogP contribution in [0.3, 0.4) is 0 Å². The Balaban J connectivity index is 2.32. The zero-order valence-electron chi connectivity index (χ0n) is 13.3. The van der Waals surface area contributed by atoms with Gasteiger partial charge in [-0.3, -0.25) is 4.98 Å². The summed E-state index contributed by atoms with van der Waals surface area (Å²) < 4.78 is -0.733. The molecule has 2 heterocycles. The van der Waals surface area contributed by atoms with E-state index in [0.717, 1.165) is 5.56 Å². The molecule has 7 heteroatoms. The minimum Gasteiger partial charge on any atom is -0.435 e. The number of pyridine rings is 1. The van der Waals surface area contributed by atoms with Crippen molar-refractivity contribution in [3.63, 3.8) is 0 Å². The van der Waals surface area contributed by atoms with Gasteiger partial charge in [-0.25, -0.2) is 4.79 Å². The molecule has 1 aliphatic heterocycles. The molecule has 2 N–H and O–H groups in total. The Morgan fingerprint density at radius 3 is 2.61 bits per heavy atom. The van der Waals surface area contributed by atoms with E-state index in [4.69, 9.17) is 0 Å². The first-order chi connectivity index (χ1) is 10.7. The van der Waals surface area contributed by atoms with Gasteiger partial charge in [0.1, 0.15) is 18.2 Å². The fourth-order valence-electron chi connectivity index (χ4n) is 3.52. The molecule has 0 radical (unpaired) electrons. The van der Waals surface area contributed by atoms with E-state index in [0.29, 0.717) is 6.42 Å². The minimum atomic E-state index is -1.23. The largest absolute Gasteiger partial charge is 0.521 e. The van der Waals surface area contributed by atoms with Crippen LogP contribution in [0.5, 0.6) is 0 Å². The fourth-order valence-corrected chi connectivity index (χ4v) is 3.67. The second kappa shape index (κ2) is 6.59. The quantitative estimate of drug-likeness (QED) is 0.574. The zero-order chi connectivity index (χ0) is 17.3. The summed E-state index contributed by atoms with van der Waals surface area (Å²) in [6.45, 7) is 3.26. The fraction of sp³-hybridized carbons (Fsp3) is 0.562. The zero-order valence-corrected chi connectivity index (χ0v) is 14.2. The Hall–Kier alpha value is -1.44. The van der Waals surface area contributed by atoms with Crippen LogP contribution in [0, 0.1) is 5.92 Å². The van der Waals surface area contributed by atoms with Crippen LogP contribution < -0.4 is 0 Å². The number of amides is 2. The second-order valence-electron chi connectivity index (χ2n) is 6.54. The van der Waals surface area contributed by atoms with E-state index in [1.807, 2.05) is 0 Å². The van der Waals surface area contributed by atoms with Crippen molar-refractivity contribution in [2.45, 2.75) is 38.3 Å². The predicted octanol–water partition coefficient (Wildman–Crippen LogP) is 1.73. The summed E-state index contributed by atoms with van der Waals surface area (Å²) in [4.78, 5) is 28.6. The summed E-state index contributed by atoms with van der Waals surface area (Å²) in [5.74, 6) is -0.604. The molecule has 1 aromatic rings. The van der Waals surface area contributed by atoms with Crippen molar-refractivity contribution in [1.82, 2.24) is 4.98 Å². The summed E-state index contributed by atoms with van der Waals surface area (Å²) in [5, 5.41) is 20.7. The van der Waals surface area contributed by atoms with Crippen LogP contribution in [0.2, 0.25) is 0 Å². The third-order valence-electron chi connectivity index (χ3n) is 4.68. The second-order valence-corrected chi connectivity index (χ2v) is 6.91. The molecular formula is C16H23N2O4S+. The molecule has 0 aliphatic carbocycles. The number of imide groups is 1. The lowest BCUT2D eigenvalue weighted by molar-refractivity contribution is -0.797. The van der Waals surface area contributed by atoms with Crippen LogP contribution in [0.4, 0.5) is 4.79 Å². The Kier molecular flexibility index (Phi) is 5.13. The Labute approximate surface area is 141 Å². The van der Waals surface area contributed by atoms with E-state index in [2.05, 4.69) is 17.6 Å². The molecular weight excluding hydrogens is 316 g/mol. The van der Waals surface area contributed by atoms with Crippen LogP contribution in [0.25, 0.3) is 0 Å². The van der Waals surface area contributed by atoms with Gasteiger partial charge in [0, 0.05) is 31.0 Å². The lowest BCUT2D eigenvalue weighted by Gasteiger charge is -2.32. The van der Waals surface area contributed by atoms with Crippen LogP contribution >= 0.6 is 12.6 Å². The third-order valence-corrected chi connectivity index (χ3v) is 5.23. The van der Waals surface area contributed by atoms with Crippen LogP contribution in [0.15, 0.2) is 24.5 Å². The van der Waals surface area contributed by atoms with Gasteiger partial charge < -0.3 is 10.2 Å². The predicted molar refractivity (Wildman–Crippen MR) is 88.1 cm³/mol. The van der Waals surface area contributed by atoms with Gasteiger partial charge in [-0.2, -0.15) is 21.9 Å². The number of aromatic nitrogens is 1. The van der Waals surface area contributed by atoms with Gasteiger partial charge in [0.25, 0.3) is 0 Å². The van der Waals surface area contributed by atoms with E-state index >= 15 is 0 Å². The van der Waals surface area contributed by atoms with Crippen molar-refractivity contribution in [1.29, 1.82) is 0 Å². The van der Waals surface area contributed by atoms with Crippen LogP contribution in [-0.2, 0) is 11.2 Å². The maximum atomic E-state index is 12.7. The highest BCUT2D eigenvalue weighted by Gasteiger charge is 2.62. The minimum absolute atomic E-state index is 0.122. The maximum absolute atomic E-state index is 12.7. The molecule has 0 spiro atoms. The van der Waals surface area contributed by atoms with Crippen molar-refractivity contribution in [3.05, 3.63) is 30.1 Å². The van der Waals surface area contributed by atoms with E-state index < -0.39 is 34.0 Å². The van der Waals surface area contributed by atoms with Gasteiger partial charge in [-0.1, -0.05) is 0 Å². The maximum Gasteiger partial charge on any atom is 0.521 e. The Bertz CT molecular complexity index is 597. The standard InChI is InChI=1S/C16H22N2O4S/c1-11(9-23)14(19)18(15(20)21)10-16(22,7-12(18)2)8-13-3-5-17-6-4-13/h3-6,11-12,22H,7-10H2,1-2H3,(H-,20,21,23)/p+1/t11?,12?,16?,18-/m0/s1. The highest BCUT2D eigenvalue weighted by Crippen LogP contribution is 2.38. The first kappa shape index (κ1) is 17.9. The molecule has 3 unspecified atom stereocenters. The molecule has 0 saturated carbocycles. The molecule has 2 rings (SSSR count). The average Bonchev–Trinajstić information content (AvgIpc) is 2.78. The lowest BCUT2D eigenvalue weighted by Crippen LogP contribution is -2.61. The van der Waals surface area contributed by atoms with Gasteiger partial charge >= 0.3 is 12.0 Å². The summed E-state index contributed by atoms with van der Waals surface area (Å²) >= 11 is 4.11. The van der Waals surface area contributed by atoms with Crippen molar-refractivity contribution in [3.8, 4) is 0 Å². The van der Waals surface area contributed by atoms with E-state index in [9.17, 15) is 19.8 Å². The molecule has 0 bridgehead atoms. The molecule has 1 aromatic heterocycles. The number of aliphatic hydroxyl groups is 1. The van der Waals surface area contributed by atoms with Crippen molar-refractivity contribution < 1.29 is 24.3 Å². The molecule has 2 amide bonds. The van der Waals surface area contributed by atoms with Gasteiger partial charge in [0.05, 0.1) is 5.92 Å². The van der Waals surface area contributed by atoms with E-state index in [-0.39, 0.29) is 18.7 Å².